The second kappa shape index (κ2) is 2.27. The van der Waals surface area contributed by atoms with Crippen LogP contribution in [0.15, 0.2) is 0 Å². The highest BCUT2D eigenvalue weighted by Crippen LogP contribution is 2.21. The van der Waals surface area contributed by atoms with Crippen LogP contribution >= 0.6 is 0 Å². The van der Waals surface area contributed by atoms with Crippen molar-refractivity contribution in [2.75, 3.05) is 0 Å². The molecule has 0 aliphatic heterocycles. The first-order chi connectivity index (χ1) is 3.84. The van der Waals surface area contributed by atoms with Crippen LogP contribution in [0.4, 0.5) is 0 Å². The Morgan fingerprint density at radius 3 is 2.50 bits per heavy atom. The third kappa shape index (κ3) is 0.892. The fourth-order valence-corrected chi connectivity index (χ4v) is 1.14. The molecule has 0 spiro atoms. The minimum absolute atomic E-state index is 0.0370. The zero-order valence-corrected chi connectivity index (χ0v) is 4.76. The molecule has 0 unspecified atom stereocenters. The van der Waals surface area contributed by atoms with Crippen LogP contribution in [0.3, 0.4) is 0 Å². The molecule has 2 N–H and O–H groups in total. The fraction of sp³-hybridized carbons (Fsp3) is 0.833. The summed E-state index contributed by atoms with van der Waals surface area (Å²) in [5.41, 5.74) is 5.53. The van der Waals surface area contributed by atoms with Gasteiger partial charge in [-0.05, 0) is 12.8 Å². The Kier molecular flexibility index (Phi) is 1.63. The van der Waals surface area contributed by atoms with Gasteiger partial charge in [0.1, 0.15) is 0 Å². The van der Waals surface area contributed by atoms with Crippen LogP contribution in [0.5, 0.6) is 0 Å². The monoisotopic (exact) mass is 112 g/mol. The van der Waals surface area contributed by atoms with Crippen molar-refractivity contribution < 1.29 is 4.79 Å². The van der Waals surface area contributed by atoms with Crippen LogP contribution < -0.4 is 5.73 Å². The summed E-state index contributed by atoms with van der Waals surface area (Å²) in [4.78, 5) is 10.0. The first kappa shape index (κ1) is 5.76. The van der Waals surface area contributed by atoms with E-state index in [1.165, 1.54) is 0 Å². The molecule has 0 heterocycles. The van der Waals surface area contributed by atoms with Gasteiger partial charge in [0, 0.05) is 12.0 Å². The molecule has 8 heavy (non-hydrogen) atoms. The molecule has 1 saturated carbocycles. The second-order valence-corrected chi connectivity index (χ2v) is 2.32. The van der Waals surface area contributed by atoms with E-state index in [4.69, 9.17) is 5.73 Å². The maximum absolute atomic E-state index is 10.0. The zero-order chi connectivity index (χ0) is 5.98. The summed E-state index contributed by atoms with van der Waals surface area (Å²) in [6.07, 6.45) is 4.99. The number of nitrogens with two attached hydrogens (primary N) is 1. The summed E-state index contributed by atoms with van der Waals surface area (Å²) < 4.78 is 0. The molecule has 2 heteroatoms. The van der Waals surface area contributed by atoms with Crippen molar-refractivity contribution in [3.63, 3.8) is 0 Å². The van der Waals surface area contributed by atoms with Crippen LogP contribution in [0.2, 0.25) is 0 Å². The first-order valence-electron chi connectivity index (χ1n) is 2.98. The minimum Gasteiger partial charge on any atom is -0.327 e. The maximum atomic E-state index is 10.0. The van der Waals surface area contributed by atoms with Gasteiger partial charge >= 0.3 is 0 Å². The van der Waals surface area contributed by atoms with Crippen LogP contribution in [-0.2, 0) is 4.79 Å². The number of hydrogen-bond donors (Lipinski definition) is 1. The summed E-state index contributed by atoms with van der Waals surface area (Å²) in [5, 5.41) is 0. The highest BCUT2D eigenvalue weighted by molar-refractivity contribution is 5.56. The van der Waals surface area contributed by atoms with Gasteiger partial charge in [-0.1, -0.05) is 6.42 Å². The van der Waals surface area contributed by atoms with Crippen molar-refractivity contribution in [3.8, 4) is 0 Å². The van der Waals surface area contributed by atoms with Gasteiger partial charge in [0.15, 0.2) is 0 Å². The van der Waals surface area contributed by atoms with Gasteiger partial charge in [-0.2, -0.15) is 0 Å². The molecule has 45 valence electrons. The average Bonchev–Trinajstić information content (AvgIpc) is 2.14. The van der Waals surface area contributed by atoms with Crippen molar-refractivity contribution >= 4 is 6.29 Å². The van der Waals surface area contributed by atoms with Crippen LogP contribution in [0, 0.1) is 5.92 Å². The van der Waals surface area contributed by atoms with E-state index in [1.807, 2.05) is 6.29 Å². The molecule has 0 aromatic rings. The van der Waals surface area contributed by atoms with Crippen molar-refractivity contribution in [3.05, 3.63) is 0 Å². The molecule has 1 fully saturated rings. The predicted molar refractivity (Wildman–Crippen MR) is 31.0 cm³/mol. The summed E-state index contributed by atoms with van der Waals surface area (Å²) in [7, 11) is 0. The van der Waals surface area contributed by atoms with Gasteiger partial charge in [0.2, 0.25) is 6.29 Å². The molecule has 1 radical (unpaired) electrons. The maximum Gasteiger partial charge on any atom is 0.203 e. The lowest BCUT2D eigenvalue weighted by atomic mass is 10.1. The standard InChI is InChI=1S/C6H10NO/c7-6-3-1-2-5(6)4-8/h5-6H,1-3,7H2/t5-,6-/m0/s1. The molecule has 2 nitrogen and oxygen atoms in total. The molecular formula is C6H10NO. The molecule has 0 aromatic heterocycles. The van der Waals surface area contributed by atoms with E-state index < -0.39 is 0 Å². The van der Waals surface area contributed by atoms with Gasteiger partial charge < -0.3 is 5.73 Å². The van der Waals surface area contributed by atoms with Gasteiger partial charge in [0.05, 0.1) is 0 Å². The SMILES string of the molecule is N[C@H]1CCC[C@H]1[C]=O. The summed E-state index contributed by atoms with van der Waals surface area (Å²) in [6, 6.07) is 0.104. The van der Waals surface area contributed by atoms with E-state index in [0.29, 0.717) is 0 Å². The van der Waals surface area contributed by atoms with Crippen molar-refractivity contribution in [2.45, 2.75) is 25.3 Å². The lowest BCUT2D eigenvalue weighted by Crippen LogP contribution is -2.24. The minimum atomic E-state index is 0.0370. The molecule has 0 amide bonds. The third-order valence-electron chi connectivity index (χ3n) is 1.72. The van der Waals surface area contributed by atoms with Crippen LogP contribution in [0.25, 0.3) is 0 Å². The molecular weight excluding hydrogens is 102 g/mol. The zero-order valence-electron chi connectivity index (χ0n) is 4.76. The molecule has 0 aromatic carbocycles. The number of rotatable bonds is 1. The molecule has 0 bridgehead atoms. The van der Waals surface area contributed by atoms with E-state index in [9.17, 15) is 4.79 Å². The van der Waals surface area contributed by atoms with Crippen LogP contribution in [0.1, 0.15) is 19.3 Å². The van der Waals surface area contributed by atoms with Gasteiger partial charge in [-0.3, -0.25) is 4.79 Å². The van der Waals surface area contributed by atoms with E-state index in [2.05, 4.69) is 0 Å². The Morgan fingerprint density at radius 2 is 2.25 bits per heavy atom. The van der Waals surface area contributed by atoms with E-state index in [1.54, 1.807) is 0 Å². The quantitative estimate of drug-likeness (QED) is 0.527. The summed E-state index contributed by atoms with van der Waals surface area (Å²) in [5.74, 6) is 0.0370. The van der Waals surface area contributed by atoms with E-state index in [-0.39, 0.29) is 12.0 Å². The van der Waals surface area contributed by atoms with Crippen LogP contribution in [-0.4, -0.2) is 12.3 Å². The lowest BCUT2D eigenvalue weighted by Gasteiger charge is -2.03. The fourth-order valence-electron chi connectivity index (χ4n) is 1.14. The molecule has 2 atom stereocenters. The normalized spacial score (nSPS) is 37.6. The summed E-state index contributed by atoms with van der Waals surface area (Å²) in [6.45, 7) is 0. The third-order valence-corrected chi connectivity index (χ3v) is 1.72. The molecule has 1 aliphatic carbocycles. The Bertz CT molecular complexity index is 92.5. The topological polar surface area (TPSA) is 43.1 Å². The molecule has 0 saturated heterocycles. The summed E-state index contributed by atoms with van der Waals surface area (Å²) >= 11 is 0. The smallest absolute Gasteiger partial charge is 0.203 e. The lowest BCUT2D eigenvalue weighted by molar-refractivity contribution is 0.504. The van der Waals surface area contributed by atoms with E-state index in [0.717, 1.165) is 19.3 Å². The average molecular weight is 112 g/mol. The van der Waals surface area contributed by atoms with Gasteiger partial charge in [-0.25, -0.2) is 0 Å². The highest BCUT2D eigenvalue weighted by Gasteiger charge is 2.23. The van der Waals surface area contributed by atoms with Crippen molar-refractivity contribution in [1.29, 1.82) is 0 Å². The largest absolute Gasteiger partial charge is 0.327 e. The second-order valence-electron chi connectivity index (χ2n) is 2.32. The van der Waals surface area contributed by atoms with Crippen molar-refractivity contribution in [1.82, 2.24) is 0 Å². The number of hydrogen-bond acceptors (Lipinski definition) is 2. The Balaban J connectivity index is 2.41. The first-order valence-corrected chi connectivity index (χ1v) is 2.98. The van der Waals surface area contributed by atoms with Crippen molar-refractivity contribution in [2.24, 2.45) is 11.7 Å². The Hall–Kier alpha value is -0.370. The van der Waals surface area contributed by atoms with E-state index >= 15 is 0 Å². The number of carbonyl (C=O) groups excluding carboxylic acids is 1. The van der Waals surface area contributed by atoms with Gasteiger partial charge in [0.25, 0.3) is 0 Å². The molecule has 1 rings (SSSR count). The predicted octanol–water partition coefficient (Wildman–Crippen LogP) is 0.223. The van der Waals surface area contributed by atoms with Gasteiger partial charge in [-0.15, -0.1) is 0 Å². The molecule has 1 aliphatic rings. The Labute approximate surface area is 49.1 Å². The Morgan fingerprint density at radius 1 is 1.50 bits per heavy atom. The highest BCUT2D eigenvalue weighted by atomic mass is 16.1.